The maximum atomic E-state index is 4.93. The predicted octanol–water partition coefficient (Wildman–Crippen LogP) is 4.90. The number of allylic oxidation sites excluding steroid dienone is 1. The molecule has 0 bridgehead atoms. The molecular formula is C23H20N4. The minimum absolute atomic E-state index is 0. The summed E-state index contributed by atoms with van der Waals surface area (Å²) < 4.78 is 1.93. The van der Waals surface area contributed by atoms with Crippen LogP contribution in [0.5, 0.6) is 0 Å². The third-order valence-corrected chi connectivity index (χ3v) is 5.59. The van der Waals surface area contributed by atoms with Gasteiger partial charge in [0.1, 0.15) is 0 Å². The molecule has 0 atom stereocenters. The molecule has 6 rings (SSSR count). The first-order valence-corrected chi connectivity index (χ1v) is 9.45. The molecule has 4 nitrogen and oxygen atoms in total. The Labute approximate surface area is 158 Å². The lowest BCUT2D eigenvalue weighted by molar-refractivity contribution is 0.960. The van der Waals surface area contributed by atoms with E-state index in [1.54, 1.807) is 6.20 Å². The number of nitrogens with zero attached hydrogens (tertiary/aromatic N) is 4. The molecule has 4 aromatic rings. The highest BCUT2D eigenvalue weighted by Gasteiger charge is 2.27. The molecule has 0 unspecified atom stereocenters. The highest BCUT2D eigenvalue weighted by atomic mass is 15.2. The molecule has 0 spiro atoms. The van der Waals surface area contributed by atoms with Gasteiger partial charge in [-0.05, 0) is 48.2 Å². The quantitative estimate of drug-likeness (QED) is 0.526. The van der Waals surface area contributed by atoms with E-state index in [-0.39, 0.29) is 1.43 Å². The third kappa shape index (κ3) is 2.40. The summed E-state index contributed by atoms with van der Waals surface area (Å²) in [6.07, 6.45) is 13.4. The van der Waals surface area contributed by atoms with Crippen LogP contribution in [-0.2, 0) is 6.42 Å². The van der Waals surface area contributed by atoms with Gasteiger partial charge in [0.15, 0.2) is 0 Å². The van der Waals surface area contributed by atoms with Crippen molar-refractivity contribution in [2.75, 3.05) is 0 Å². The number of aromatic nitrogens is 4. The monoisotopic (exact) mass is 352 g/mol. The summed E-state index contributed by atoms with van der Waals surface area (Å²) in [4.78, 5) is 9.18. The van der Waals surface area contributed by atoms with Gasteiger partial charge in [-0.25, -0.2) is 4.52 Å². The van der Waals surface area contributed by atoms with E-state index < -0.39 is 0 Å². The molecule has 0 saturated heterocycles. The number of hydrogen-bond donors (Lipinski definition) is 0. The van der Waals surface area contributed by atoms with Gasteiger partial charge in [-0.2, -0.15) is 5.10 Å². The van der Waals surface area contributed by atoms with Crippen molar-refractivity contribution in [2.24, 2.45) is 0 Å². The van der Waals surface area contributed by atoms with Crippen LogP contribution in [-0.4, -0.2) is 19.6 Å². The molecule has 27 heavy (non-hydrogen) atoms. The van der Waals surface area contributed by atoms with Crippen molar-refractivity contribution in [3.63, 3.8) is 0 Å². The summed E-state index contributed by atoms with van der Waals surface area (Å²) in [6.45, 7) is 0. The summed E-state index contributed by atoms with van der Waals surface area (Å²) in [5, 5.41) is 4.50. The Morgan fingerprint density at radius 3 is 2.81 bits per heavy atom. The largest absolute Gasteiger partial charge is 0.264 e. The number of fused-ring (bicyclic) bond motifs is 2. The molecule has 0 aromatic carbocycles. The molecule has 0 N–H and O–H groups in total. The van der Waals surface area contributed by atoms with E-state index in [9.17, 15) is 0 Å². The number of rotatable bonds is 3. The molecule has 4 heteroatoms. The van der Waals surface area contributed by atoms with Crippen LogP contribution in [0, 0.1) is 0 Å². The van der Waals surface area contributed by atoms with E-state index in [1.807, 2.05) is 29.2 Å². The zero-order valence-electron chi connectivity index (χ0n) is 14.8. The van der Waals surface area contributed by atoms with Crippen molar-refractivity contribution in [1.82, 2.24) is 19.6 Å². The van der Waals surface area contributed by atoms with Gasteiger partial charge in [-0.3, -0.25) is 9.97 Å². The van der Waals surface area contributed by atoms with Crippen LogP contribution in [0.1, 0.15) is 42.7 Å². The van der Waals surface area contributed by atoms with E-state index in [4.69, 9.17) is 4.98 Å². The maximum Gasteiger partial charge on any atom is 0.0746 e. The van der Waals surface area contributed by atoms with Crippen molar-refractivity contribution < 1.29 is 1.43 Å². The van der Waals surface area contributed by atoms with Crippen LogP contribution in [0.4, 0.5) is 0 Å². The average molecular weight is 352 g/mol. The Morgan fingerprint density at radius 1 is 1.00 bits per heavy atom. The van der Waals surface area contributed by atoms with Crippen LogP contribution in [0.3, 0.4) is 0 Å². The zero-order valence-corrected chi connectivity index (χ0v) is 14.8. The van der Waals surface area contributed by atoms with Gasteiger partial charge in [0.05, 0.1) is 17.4 Å². The Hall–Kier alpha value is -3.27. The lowest BCUT2D eigenvalue weighted by Crippen LogP contribution is -1.96. The van der Waals surface area contributed by atoms with Crippen LogP contribution in [0.25, 0.3) is 22.2 Å². The van der Waals surface area contributed by atoms with Crippen LogP contribution < -0.4 is 0 Å². The highest BCUT2D eigenvalue weighted by molar-refractivity contribution is 5.88. The first-order chi connectivity index (χ1) is 13.4. The molecular weight excluding hydrogens is 332 g/mol. The Kier molecular flexibility index (Phi) is 3.09. The van der Waals surface area contributed by atoms with Crippen LogP contribution in [0.15, 0.2) is 67.3 Å². The van der Waals surface area contributed by atoms with Crippen LogP contribution >= 0.6 is 0 Å². The van der Waals surface area contributed by atoms with Crippen molar-refractivity contribution >= 4 is 11.1 Å². The zero-order chi connectivity index (χ0) is 17.8. The molecule has 1 saturated carbocycles. The SMILES string of the molecule is C1=C(c2ccn3ncc(-c4cccnc4)c3c2)c2ccc(C3CC3)nc2C1.[HH]. The second-order valence-corrected chi connectivity index (χ2v) is 7.37. The fourth-order valence-electron chi connectivity index (χ4n) is 4.00. The summed E-state index contributed by atoms with van der Waals surface area (Å²) in [5.74, 6) is 0.699. The number of pyridine rings is 3. The summed E-state index contributed by atoms with van der Waals surface area (Å²) in [5.41, 5.74) is 9.54. The van der Waals surface area contributed by atoms with E-state index in [1.165, 1.54) is 40.9 Å². The standard InChI is InChI=1S/C23H18N4.H2/c1-2-17(13-24-10-1)20-14-25-27-11-9-16(12-23(20)27)18-5-8-22-19(18)6-7-21(26-22)15-3-4-15;/h1-2,5-7,9-15H,3-4,8H2;1H. The van der Waals surface area contributed by atoms with Gasteiger partial charge < -0.3 is 0 Å². The van der Waals surface area contributed by atoms with Gasteiger partial charge in [0.2, 0.25) is 0 Å². The molecule has 0 aliphatic heterocycles. The predicted molar refractivity (Wildman–Crippen MR) is 108 cm³/mol. The van der Waals surface area contributed by atoms with Gasteiger partial charge >= 0.3 is 0 Å². The number of hydrogen-bond acceptors (Lipinski definition) is 3. The average Bonchev–Trinajstić information content (AvgIpc) is 3.35. The van der Waals surface area contributed by atoms with Crippen molar-refractivity contribution in [3.8, 4) is 11.1 Å². The molecule has 4 heterocycles. The van der Waals surface area contributed by atoms with Crippen LogP contribution in [0.2, 0.25) is 0 Å². The molecule has 132 valence electrons. The second kappa shape index (κ2) is 5.61. The van der Waals surface area contributed by atoms with E-state index in [2.05, 4.69) is 46.5 Å². The summed E-state index contributed by atoms with van der Waals surface area (Å²) in [7, 11) is 0. The Bertz CT molecular complexity index is 1210. The second-order valence-electron chi connectivity index (χ2n) is 7.37. The van der Waals surface area contributed by atoms with E-state index in [0.717, 1.165) is 23.1 Å². The first kappa shape index (κ1) is 14.9. The van der Waals surface area contributed by atoms with Crippen molar-refractivity contribution in [3.05, 3.63) is 89.8 Å². The van der Waals surface area contributed by atoms with Crippen molar-refractivity contribution in [1.29, 1.82) is 0 Å². The van der Waals surface area contributed by atoms with Gasteiger partial charge in [0, 0.05) is 54.7 Å². The minimum Gasteiger partial charge on any atom is -0.264 e. The van der Waals surface area contributed by atoms with Crippen molar-refractivity contribution in [2.45, 2.75) is 25.2 Å². The molecule has 1 fully saturated rings. The third-order valence-electron chi connectivity index (χ3n) is 5.59. The topological polar surface area (TPSA) is 43.1 Å². The maximum absolute atomic E-state index is 4.93. The fraction of sp³-hybridized carbons (Fsp3) is 0.174. The lowest BCUT2D eigenvalue weighted by Gasteiger charge is -2.08. The minimum atomic E-state index is 0. The summed E-state index contributed by atoms with van der Waals surface area (Å²) >= 11 is 0. The molecule has 0 radical (unpaired) electrons. The van der Waals surface area contributed by atoms with Gasteiger partial charge in [-0.1, -0.05) is 18.2 Å². The van der Waals surface area contributed by atoms with Gasteiger partial charge in [0.25, 0.3) is 0 Å². The molecule has 2 aliphatic carbocycles. The highest BCUT2D eigenvalue weighted by Crippen LogP contribution is 2.41. The molecule has 4 aromatic heterocycles. The summed E-state index contributed by atoms with van der Waals surface area (Å²) in [6, 6.07) is 12.9. The van der Waals surface area contributed by atoms with E-state index >= 15 is 0 Å². The van der Waals surface area contributed by atoms with E-state index in [0.29, 0.717) is 5.92 Å². The normalized spacial score (nSPS) is 15.8. The Balaban J connectivity index is 0.00000171. The Morgan fingerprint density at radius 2 is 1.96 bits per heavy atom. The molecule has 2 aliphatic rings. The molecule has 0 amide bonds. The van der Waals surface area contributed by atoms with Gasteiger partial charge in [-0.15, -0.1) is 0 Å². The smallest absolute Gasteiger partial charge is 0.0746 e. The fourth-order valence-corrected chi connectivity index (χ4v) is 4.00. The first-order valence-electron chi connectivity index (χ1n) is 9.45. The lowest BCUT2D eigenvalue weighted by atomic mass is 10.00.